The number of halogens is 1. The molecule has 0 bridgehead atoms. The number of aryl methyl sites for hydroxylation is 1. The minimum Gasteiger partial charge on any atom is -0.358 e. The number of nitrogens with zero attached hydrogens (tertiary/aromatic N) is 1. The molecule has 1 aliphatic heterocycles. The zero-order chi connectivity index (χ0) is 24.7. The smallest absolute Gasteiger partial charge is 0.256 e. The van der Waals surface area contributed by atoms with Crippen molar-refractivity contribution in [3.63, 3.8) is 0 Å². The lowest BCUT2D eigenvalue weighted by atomic mass is 10.0. The Labute approximate surface area is 197 Å². The highest BCUT2D eigenvalue weighted by Crippen LogP contribution is 2.34. The van der Waals surface area contributed by atoms with Gasteiger partial charge in [0.15, 0.2) is 0 Å². The van der Waals surface area contributed by atoms with Crippen LogP contribution < -0.4 is 10.6 Å². The van der Waals surface area contributed by atoms with E-state index in [-0.39, 0.29) is 11.8 Å². The fourth-order valence-corrected chi connectivity index (χ4v) is 3.66. The van der Waals surface area contributed by atoms with Gasteiger partial charge < -0.3 is 20.5 Å². The van der Waals surface area contributed by atoms with Gasteiger partial charge in [0.2, 0.25) is 0 Å². The standard InChI is InChI=1S/C22H27FN4O2.C2H6OS/c1-5-27(6-2)10-9-24-22(29)20-13(3)19(25-14(20)4)12-17-16-11-15(23)7-8-18(16)26-21(17)28;1-4(2)3/h7-8,11-12,25H,5-6,9-10H2,1-4H3,(H,24,29)(H,26,28);1-2H3/b17-12-;. The van der Waals surface area contributed by atoms with Crippen molar-refractivity contribution in [2.24, 2.45) is 0 Å². The molecule has 0 fully saturated rings. The molecule has 1 aliphatic rings. The number of hydrogen-bond acceptors (Lipinski definition) is 4. The molecule has 2 heterocycles. The summed E-state index contributed by atoms with van der Waals surface area (Å²) in [6.07, 6.45) is 4.95. The highest BCUT2D eigenvalue weighted by Gasteiger charge is 2.26. The van der Waals surface area contributed by atoms with Crippen molar-refractivity contribution in [3.05, 3.63) is 52.1 Å². The second kappa shape index (κ2) is 11.9. The van der Waals surface area contributed by atoms with Gasteiger partial charge in [-0.1, -0.05) is 13.8 Å². The number of aromatic nitrogens is 1. The molecule has 0 radical (unpaired) electrons. The van der Waals surface area contributed by atoms with Crippen LogP contribution in [0.15, 0.2) is 18.2 Å². The van der Waals surface area contributed by atoms with Gasteiger partial charge in [-0.2, -0.15) is 0 Å². The van der Waals surface area contributed by atoms with E-state index in [1.165, 1.54) is 12.1 Å². The molecule has 0 spiro atoms. The lowest BCUT2D eigenvalue weighted by Gasteiger charge is -2.18. The molecule has 0 unspecified atom stereocenters. The van der Waals surface area contributed by atoms with Crippen LogP contribution in [0.25, 0.3) is 11.6 Å². The number of H-pyrrole nitrogens is 1. The van der Waals surface area contributed by atoms with E-state index in [1.807, 2.05) is 13.8 Å². The largest absolute Gasteiger partial charge is 0.358 e. The van der Waals surface area contributed by atoms with Crippen LogP contribution in [-0.4, -0.2) is 64.6 Å². The van der Waals surface area contributed by atoms with Crippen LogP contribution in [0.1, 0.15) is 46.7 Å². The molecule has 0 saturated heterocycles. The number of anilines is 1. The maximum absolute atomic E-state index is 13.7. The fourth-order valence-electron chi connectivity index (χ4n) is 3.66. The zero-order valence-electron chi connectivity index (χ0n) is 20.1. The van der Waals surface area contributed by atoms with E-state index in [0.29, 0.717) is 34.6 Å². The summed E-state index contributed by atoms with van der Waals surface area (Å²) in [5.41, 5.74) is 4.20. The number of hydrogen-bond donors (Lipinski definition) is 3. The van der Waals surface area contributed by atoms with Crippen LogP contribution >= 0.6 is 0 Å². The molecule has 0 atom stereocenters. The van der Waals surface area contributed by atoms with Gasteiger partial charge in [0.1, 0.15) is 5.82 Å². The number of amides is 2. The van der Waals surface area contributed by atoms with Gasteiger partial charge in [0, 0.05) is 59.0 Å². The fraction of sp³-hybridized carbons (Fsp3) is 0.417. The Morgan fingerprint density at radius 1 is 1.21 bits per heavy atom. The van der Waals surface area contributed by atoms with Crippen molar-refractivity contribution >= 4 is 40.0 Å². The molecule has 7 nitrogen and oxygen atoms in total. The molecule has 9 heteroatoms. The maximum Gasteiger partial charge on any atom is 0.256 e. The van der Waals surface area contributed by atoms with Crippen molar-refractivity contribution in [1.82, 2.24) is 15.2 Å². The van der Waals surface area contributed by atoms with Gasteiger partial charge in [0.25, 0.3) is 11.8 Å². The van der Waals surface area contributed by atoms with Gasteiger partial charge in [-0.25, -0.2) is 4.39 Å². The van der Waals surface area contributed by atoms with E-state index in [9.17, 15) is 18.2 Å². The summed E-state index contributed by atoms with van der Waals surface area (Å²) >= 11 is 0. The SMILES string of the molecule is CCN(CC)CCNC(=O)c1c(C)[nH]c(/C=C2\C(=O)Nc3ccc(F)cc32)c1C.CS(C)=O. The van der Waals surface area contributed by atoms with E-state index >= 15 is 0 Å². The van der Waals surface area contributed by atoms with Crippen molar-refractivity contribution in [3.8, 4) is 0 Å². The van der Waals surface area contributed by atoms with E-state index in [0.717, 1.165) is 30.9 Å². The molecular formula is C24H33FN4O3S. The topological polar surface area (TPSA) is 94.3 Å². The number of carbonyl (C=O) groups is 2. The van der Waals surface area contributed by atoms with Crippen LogP contribution in [0.4, 0.5) is 10.1 Å². The molecule has 0 aliphatic carbocycles. The van der Waals surface area contributed by atoms with E-state index < -0.39 is 16.6 Å². The van der Waals surface area contributed by atoms with Crippen LogP contribution in [0.5, 0.6) is 0 Å². The molecule has 1 aromatic heterocycles. The minimum atomic E-state index is -0.611. The first-order chi connectivity index (χ1) is 15.6. The van der Waals surface area contributed by atoms with Gasteiger partial charge in [0.05, 0.1) is 11.1 Å². The summed E-state index contributed by atoms with van der Waals surface area (Å²) in [4.78, 5) is 30.5. The maximum atomic E-state index is 13.7. The Bertz CT molecular complexity index is 1070. The van der Waals surface area contributed by atoms with Crippen LogP contribution in [-0.2, 0) is 15.6 Å². The number of benzene rings is 1. The Morgan fingerprint density at radius 3 is 2.45 bits per heavy atom. The summed E-state index contributed by atoms with van der Waals surface area (Å²) in [6, 6.07) is 4.20. The summed E-state index contributed by atoms with van der Waals surface area (Å²) in [5.74, 6) is -0.836. The predicted molar refractivity (Wildman–Crippen MR) is 133 cm³/mol. The summed E-state index contributed by atoms with van der Waals surface area (Å²) in [6.45, 7) is 11.1. The number of aromatic amines is 1. The number of carbonyl (C=O) groups excluding carboxylic acids is 2. The molecule has 180 valence electrons. The third-order valence-corrected chi connectivity index (χ3v) is 5.36. The first-order valence-electron chi connectivity index (χ1n) is 10.9. The first-order valence-corrected chi connectivity index (χ1v) is 12.8. The normalized spacial score (nSPS) is 13.7. The second-order valence-corrected chi connectivity index (χ2v) is 9.37. The van der Waals surface area contributed by atoms with E-state index in [4.69, 9.17) is 0 Å². The predicted octanol–water partition coefficient (Wildman–Crippen LogP) is 3.33. The second-order valence-electron chi connectivity index (χ2n) is 7.89. The van der Waals surface area contributed by atoms with Gasteiger partial charge in [-0.05, 0) is 56.8 Å². The van der Waals surface area contributed by atoms with Crippen LogP contribution in [0.2, 0.25) is 0 Å². The third kappa shape index (κ3) is 6.85. The van der Waals surface area contributed by atoms with E-state index in [1.54, 1.807) is 24.7 Å². The lowest BCUT2D eigenvalue weighted by Crippen LogP contribution is -2.35. The molecule has 3 rings (SSSR count). The Kier molecular flexibility index (Phi) is 9.55. The highest BCUT2D eigenvalue weighted by molar-refractivity contribution is 7.83. The monoisotopic (exact) mass is 476 g/mol. The average Bonchev–Trinajstić information content (AvgIpc) is 3.20. The van der Waals surface area contributed by atoms with Crippen LogP contribution in [0.3, 0.4) is 0 Å². The van der Waals surface area contributed by atoms with Crippen molar-refractivity contribution in [1.29, 1.82) is 0 Å². The average molecular weight is 477 g/mol. The van der Waals surface area contributed by atoms with E-state index in [2.05, 4.69) is 34.4 Å². The molecule has 0 saturated carbocycles. The quantitative estimate of drug-likeness (QED) is 0.535. The molecule has 33 heavy (non-hydrogen) atoms. The van der Waals surface area contributed by atoms with Crippen molar-refractivity contribution < 1.29 is 18.2 Å². The molecule has 2 amide bonds. The summed E-state index contributed by atoms with van der Waals surface area (Å²) in [5, 5.41) is 5.70. The van der Waals surface area contributed by atoms with Crippen molar-refractivity contribution in [2.75, 3.05) is 44.0 Å². The molecule has 1 aromatic carbocycles. The number of likely N-dealkylation sites (N-methyl/N-ethyl adjacent to an activating group) is 1. The zero-order valence-corrected chi connectivity index (χ0v) is 20.9. The Hall–Kier alpha value is -2.78. The summed E-state index contributed by atoms with van der Waals surface area (Å²) in [7, 11) is -0.611. The molecular weight excluding hydrogens is 443 g/mol. The number of nitrogens with one attached hydrogen (secondary N) is 3. The van der Waals surface area contributed by atoms with Gasteiger partial charge >= 0.3 is 0 Å². The first kappa shape index (κ1) is 26.5. The number of rotatable bonds is 7. The third-order valence-electron chi connectivity index (χ3n) is 5.36. The van der Waals surface area contributed by atoms with Gasteiger partial charge in [-0.3, -0.25) is 13.8 Å². The number of fused-ring (bicyclic) bond motifs is 1. The van der Waals surface area contributed by atoms with Crippen LogP contribution in [0, 0.1) is 19.7 Å². The molecule has 2 aromatic rings. The lowest BCUT2D eigenvalue weighted by molar-refractivity contribution is -0.110. The minimum absolute atomic E-state index is 0.143. The molecule has 3 N–H and O–H groups in total. The van der Waals surface area contributed by atoms with Gasteiger partial charge in [-0.15, -0.1) is 0 Å². The summed E-state index contributed by atoms with van der Waals surface area (Å²) < 4.78 is 23.2. The van der Waals surface area contributed by atoms with Crippen molar-refractivity contribution in [2.45, 2.75) is 27.7 Å². The highest BCUT2D eigenvalue weighted by atomic mass is 32.2. The Morgan fingerprint density at radius 2 is 1.85 bits per heavy atom. The Balaban J connectivity index is 0.000000890.